The number of amides is 1. The van der Waals surface area contributed by atoms with Gasteiger partial charge in [0.15, 0.2) is 0 Å². The summed E-state index contributed by atoms with van der Waals surface area (Å²) in [7, 11) is 4.68. The highest BCUT2D eigenvalue weighted by Gasteiger charge is 2.37. The highest BCUT2D eigenvalue weighted by Crippen LogP contribution is 2.24. The van der Waals surface area contributed by atoms with E-state index in [1.807, 2.05) is 0 Å². The Labute approximate surface area is 176 Å². The number of nitrogens with one attached hydrogen (secondary N) is 1. The molecule has 0 aliphatic carbocycles. The number of hydrogen-bond acceptors (Lipinski definition) is 8. The van der Waals surface area contributed by atoms with Crippen LogP contribution in [0.3, 0.4) is 0 Å². The smallest absolute Gasteiger partial charge is 0.328 e. The maximum absolute atomic E-state index is 12.8. The highest BCUT2D eigenvalue weighted by atomic mass is 33.1. The molecule has 1 rings (SSSR count). The van der Waals surface area contributed by atoms with Gasteiger partial charge in [0, 0.05) is 18.1 Å². The molecule has 0 aromatic heterocycles. The average molecular weight is 435 g/mol. The predicted molar refractivity (Wildman–Crippen MR) is 114 cm³/mol. The number of ether oxygens (including phenoxy) is 2. The zero-order chi connectivity index (χ0) is 20.9. The second-order valence-electron chi connectivity index (χ2n) is 6.72. The minimum absolute atomic E-state index is 0.192. The number of hydrogen-bond donors (Lipinski definition) is 1. The van der Waals surface area contributed by atoms with Crippen molar-refractivity contribution in [1.29, 1.82) is 0 Å². The van der Waals surface area contributed by atoms with Crippen LogP contribution in [0, 0.1) is 0 Å². The number of rotatable bonds is 13. The van der Waals surface area contributed by atoms with Crippen molar-refractivity contribution in [3.63, 3.8) is 0 Å². The third-order valence-corrected chi connectivity index (χ3v) is 7.05. The molecule has 1 N–H and O–H groups in total. The van der Waals surface area contributed by atoms with Crippen LogP contribution in [-0.2, 0) is 23.9 Å². The summed E-state index contributed by atoms with van der Waals surface area (Å²) in [5.41, 5.74) is 0. The van der Waals surface area contributed by atoms with Crippen LogP contribution in [0.1, 0.15) is 52.9 Å². The molecule has 1 heterocycles. The van der Waals surface area contributed by atoms with E-state index >= 15 is 0 Å². The second-order valence-corrected chi connectivity index (χ2v) is 9.35. The summed E-state index contributed by atoms with van der Waals surface area (Å²) < 4.78 is 9.96. The van der Waals surface area contributed by atoms with Gasteiger partial charge in [-0.15, -0.1) is 0 Å². The first kappa shape index (κ1) is 25.1. The number of methoxy groups -OCH3 is 1. The summed E-state index contributed by atoms with van der Waals surface area (Å²) in [4.78, 5) is 38.6. The molecule has 0 aromatic rings. The van der Waals surface area contributed by atoms with Gasteiger partial charge >= 0.3 is 11.9 Å². The van der Waals surface area contributed by atoms with Gasteiger partial charge in [0.1, 0.15) is 12.1 Å². The molecule has 0 aromatic carbocycles. The zero-order valence-electron chi connectivity index (χ0n) is 17.4. The molecular formula is C19H34N2O5S2. The lowest BCUT2D eigenvalue weighted by molar-refractivity contribution is -0.152. The predicted octanol–water partition coefficient (Wildman–Crippen LogP) is 2.63. The zero-order valence-corrected chi connectivity index (χ0v) is 19.0. The first-order valence-electron chi connectivity index (χ1n) is 10.0. The molecule has 1 unspecified atom stereocenters. The summed E-state index contributed by atoms with van der Waals surface area (Å²) in [6.07, 6.45) is 4.92. The van der Waals surface area contributed by atoms with Crippen LogP contribution in [0.4, 0.5) is 0 Å². The summed E-state index contributed by atoms with van der Waals surface area (Å²) in [5, 5.41) is 3.11. The van der Waals surface area contributed by atoms with Gasteiger partial charge in [-0.05, 0) is 33.1 Å². The molecule has 1 aliphatic heterocycles. The minimum Gasteiger partial charge on any atom is -0.467 e. The van der Waals surface area contributed by atoms with Crippen LogP contribution in [0.25, 0.3) is 0 Å². The van der Waals surface area contributed by atoms with Crippen LogP contribution in [0.15, 0.2) is 0 Å². The van der Waals surface area contributed by atoms with Gasteiger partial charge in [-0.25, -0.2) is 4.79 Å². The topological polar surface area (TPSA) is 84.9 Å². The quantitative estimate of drug-likeness (QED) is 0.269. The van der Waals surface area contributed by atoms with Gasteiger partial charge in [0.05, 0.1) is 19.8 Å². The molecule has 3 atom stereocenters. The molecular weight excluding hydrogens is 400 g/mol. The van der Waals surface area contributed by atoms with Crippen molar-refractivity contribution in [2.24, 2.45) is 0 Å². The fourth-order valence-electron chi connectivity index (χ4n) is 3.05. The Hall–Kier alpha value is -0.930. The number of carbonyl (C=O) groups is 3. The molecule has 0 saturated carbocycles. The molecule has 0 spiro atoms. The van der Waals surface area contributed by atoms with Crippen molar-refractivity contribution in [3.05, 3.63) is 0 Å². The van der Waals surface area contributed by atoms with Crippen LogP contribution in [0.2, 0.25) is 0 Å². The van der Waals surface area contributed by atoms with Crippen molar-refractivity contribution in [2.45, 2.75) is 71.0 Å². The van der Waals surface area contributed by atoms with Crippen molar-refractivity contribution < 1.29 is 23.9 Å². The van der Waals surface area contributed by atoms with Gasteiger partial charge in [0.2, 0.25) is 5.91 Å². The van der Waals surface area contributed by atoms with E-state index in [1.54, 1.807) is 40.3 Å². The van der Waals surface area contributed by atoms with Gasteiger partial charge in [0.25, 0.3) is 0 Å². The van der Waals surface area contributed by atoms with Crippen molar-refractivity contribution in [2.75, 3.05) is 31.8 Å². The maximum Gasteiger partial charge on any atom is 0.328 e. The number of nitrogens with zero attached hydrogens (tertiary/aromatic N) is 1. The maximum atomic E-state index is 12.8. The lowest BCUT2D eigenvalue weighted by Crippen LogP contribution is -2.54. The normalized spacial score (nSPS) is 18.6. The Bertz CT molecular complexity index is 507. The van der Waals surface area contributed by atoms with Crippen LogP contribution < -0.4 is 5.32 Å². The van der Waals surface area contributed by atoms with E-state index in [2.05, 4.69) is 12.2 Å². The third kappa shape index (κ3) is 8.21. The Morgan fingerprint density at radius 2 is 1.96 bits per heavy atom. The number of esters is 2. The van der Waals surface area contributed by atoms with Gasteiger partial charge in [-0.3, -0.25) is 14.9 Å². The van der Waals surface area contributed by atoms with Crippen LogP contribution >= 0.6 is 21.6 Å². The first-order chi connectivity index (χ1) is 13.5. The van der Waals surface area contributed by atoms with E-state index in [0.29, 0.717) is 25.3 Å². The number of unbranched alkanes of at least 4 members (excludes halogenated alkanes) is 2. The summed E-state index contributed by atoms with van der Waals surface area (Å²) in [6.45, 7) is 6.48. The third-order valence-electron chi connectivity index (χ3n) is 4.55. The summed E-state index contributed by atoms with van der Waals surface area (Å²) in [6, 6.07) is -1.70. The molecule has 9 heteroatoms. The molecule has 1 saturated heterocycles. The fraction of sp³-hybridized carbons (Fsp3) is 0.842. The largest absolute Gasteiger partial charge is 0.467 e. The fourth-order valence-corrected chi connectivity index (χ4v) is 5.35. The summed E-state index contributed by atoms with van der Waals surface area (Å²) >= 11 is 0. The Morgan fingerprint density at radius 1 is 1.21 bits per heavy atom. The van der Waals surface area contributed by atoms with E-state index in [-0.39, 0.29) is 17.8 Å². The minimum atomic E-state index is -0.592. The van der Waals surface area contributed by atoms with E-state index in [4.69, 9.17) is 9.47 Å². The van der Waals surface area contributed by atoms with Gasteiger partial charge in [-0.1, -0.05) is 41.4 Å². The van der Waals surface area contributed by atoms with E-state index in [0.717, 1.165) is 18.6 Å². The van der Waals surface area contributed by atoms with Crippen LogP contribution in [-0.4, -0.2) is 72.6 Å². The van der Waals surface area contributed by atoms with E-state index in [1.165, 1.54) is 20.0 Å². The monoisotopic (exact) mass is 434 g/mol. The molecule has 1 aliphatic rings. The Morgan fingerprint density at radius 3 is 2.61 bits per heavy atom. The van der Waals surface area contributed by atoms with Crippen molar-refractivity contribution in [1.82, 2.24) is 10.2 Å². The number of carbonyl (C=O) groups excluding carboxylic acids is 3. The van der Waals surface area contributed by atoms with Gasteiger partial charge in [-0.2, -0.15) is 0 Å². The Kier molecular flexibility index (Phi) is 12.7. The summed E-state index contributed by atoms with van der Waals surface area (Å²) in [5.74, 6) is 0.627. The van der Waals surface area contributed by atoms with Crippen molar-refractivity contribution in [3.8, 4) is 0 Å². The SMILES string of the molecule is CCCCCSSC[C@H](NC(C)C(=O)N1CCC[C@H]1C(=O)OC)C(=O)OCC. The van der Waals surface area contributed by atoms with Crippen molar-refractivity contribution >= 4 is 39.4 Å². The highest BCUT2D eigenvalue weighted by molar-refractivity contribution is 8.76. The number of likely N-dealkylation sites (tertiary alicyclic amines) is 1. The molecule has 162 valence electrons. The molecule has 1 fully saturated rings. The van der Waals surface area contributed by atoms with Crippen LogP contribution in [0.5, 0.6) is 0 Å². The molecule has 0 radical (unpaired) electrons. The van der Waals surface area contributed by atoms with Gasteiger partial charge < -0.3 is 14.4 Å². The molecule has 0 bridgehead atoms. The lowest BCUT2D eigenvalue weighted by atomic mass is 10.2. The Balaban J connectivity index is 2.61. The van der Waals surface area contributed by atoms with E-state index in [9.17, 15) is 14.4 Å². The standard InChI is InChI=1S/C19H34N2O5S2/c1-5-7-8-12-27-28-13-15(18(23)26-6-2)20-14(3)17(22)21-11-9-10-16(21)19(24)25-4/h14-16,20H,5-13H2,1-4H3/t14?,15-,16-/m0/s1. The molecule has 1 amide bonds. The second kappa shape index (κ2) is 14.1. The van der Waals surface area contributed by atoms with E-state index < -0.39 is 18.1 Å². The first-order valence-corrected chi connectivity index (χ1v) is 12.5. The lowest BCUT2D eigenvalue weighted by Gasteiger charge is -2.28. The molecule has 7 nitrogen and oxygen atoms in total. The molecule has 28 heavy (non-hydrogen) atoms. The average Bonchev–Trinajstić information content (AvgIpc) is 3.18.